The minimum Gasteiger partial charge on any atom is -0.489 e. The van der Waals surface area contributed by atoms with Crippen molar-refractivity contribution < 1.29 is 9.66 Å². The van der Waals surface area contributed by atoms with E-state index >= 15 is 0 Å². The predicted molar refractivity (Wildman–Crippen MR) is 134 cm³/mol. The quantitative estimate of drug-likeness (QED) is 0.156. The van der Waals surface area contributed by atoms with Crippen LogP contribution in [0.15, 0.2) is 78.0 Å². The summed E-state index contributed by atoms with van der Waals surface area (Å²) >= 11 is 7.27. The summed E-state index contributed by atoms with van der Waals surface area (Å²) in [6.07, 6.45) is 0. The Balaban J connectivity index is 1.63. The fraction of sp³-hybridized carbons (Fsp3) is 0.200. The summed E-state index contributed by atoms with van der Waals surface area (Å²) in [5, 5.41) is 20.8. The molecule has 34 heavy (non-hydrogen) atoms. The number of thioether (sulfide) groups is 1. The molecule has 0 aliphatic carbocycles. The summed E-state index contributed by atoms with van der Waals surface area (Å²) in [7, 11) is 0. The first-order valence-electron chi connectivity index (χ1n) is 10.6. The van der Waals surface area contributed by atoms with Crippen molar-refractivity contribution in [2.75, 3.05) is 6.54 Å². The van der Waals surface area contributed by atoms with E-state index in [-0.39, 0.29) is 11.5 Å². The first kappa shape index (κ1) is 23.8. The van der Waals surface area contributed by atoms with Gasteiger partial charge in [0.15, 0.2) is 5.16 Å². The Kier molecular flexibility index (Phi) is 7.49. The summed E-state index contributed by atoms with van der Waals surface area (Å²) in [5.74, 6) is 1.30. The Morgan fingerprint density at radius 3 is 2.44 bits per heavy atom. The van der Waals surface area contributed by atoms with Crippen molar-refractivity contribution in [1.82, 2.24) is 14.8 Å². The van der Waals surface area contributed by atoms with E-state index in [2.05, 4.69) is 10.2 Å². The number of nitrogens with zero attached hydrogens (tertiary/aromatic N) is 4. The fourth-order valence-electron chi connectivity index (χ4n) is 3.49. The van der Waals surface area contributed by atoms with Crippen LogP contribution in [0.1, 0.15) is 27.8 Å². The number of aromatic nitrogens is 3. The van der Waals surface area contributed by atoms with E-state index in [4.69, 9.17) is 16.3 Å². The van der Waals surface area contributed by atoms with Gasteiger partial charge in [-0.05, 0) is 49.7 Å². The molecule has 1 heterocycles. The number of para-hydroxylation sites is 1. The molecule has 0 fully saturated rings. The smallest absolute Gasteiger partial charge is 0.220 e. The number of halogens is 1. The second-order valence-electron chi connectivity index (χ2n) is 7.78. The molecule has 0 unspecified atom stereocenters. The zero-order chi connectivity index (χ0) is 24.1. The van der Waals surface area contributed by atoms with E-state index in [1.54, 1.807) is 12.1 Å². The van der Waals surface area contributed by atoms with Gasteiger partial charge in [0.2, 0.25) is 6.54 Å². The Morgan fingerprint density at radius 2 is 1.74 bits per heavy atom. The molecule has 0 radical (unpaired) electrons. The number of aryl methyl sites for hydroxylation is 2. The summed E-state index contributed by atoms with van der Waals surface area (Å²) in [6.45, 7) is 3.92. The summed E-state index contributed by atoms with van der Waals surface area (Å²) in [6, 6.07) is 22.8. The van der Waals surface area contributed by atoms with Crippen LogP contribution in [0.25, 0.3) is 5.69 Å². The summed E-state index contributed by atoms with van der Waals surface area (Å²) in [5.41, 5.74) is 3.73. The molecule has 4 aromatic rings. The molecule has 9 heteroatoms. The van der Waals surface area contributed by atoms with E-state index in [1.165, 1.54) is 11.8 Å². The van der Waals surface area contributed by atoms with E-state index in [0.717, 1.165) is 22.4 Å². The van der Waals surface area contributed by atoms with Crippen LogP contribution < -0.4 is 4.74 Å². The van der Waals surface area contributed by atoms with Crippen LogP contribution in [-0.4, -0.2) is 26.2 Å². The third-order valence-corrected chi connectivity index (χ3v) is 6.64. The van der Waals surface area contributed by atoms with Crippen molar-refractivity contribution in [2.24, 2.45) is 0 Å². The molecule has 0 aliphatic rings. The van der Waals surface area contributed by atoms with E-state index < -0.39 is 5.25 Å². The second-order valence-corrected chi connectivity index (χ2v) is 9.38. The standard InChI is InChI=1S/C25H23ClN4O3S/c1-17-7-13-21(14-8-17)30-18(2)27-28-25(30)34-24(15-29(31)32)22-5-3-4-6-23(22)33-16-19-9-11-20(26)12-10-19/h3-14,24H,15-16H2,1-2H3/t24-/m0/s1. The topological polar surface area (TPSA) is 83.1 Å². The Labute approximate surface area is 206 Å². The number of rotatable bonds is 9. The third kappa shape index (κ3) is 5.76. The minimum atomic E-state index is -0.524. The molecule has 0 spiro atoms. The second kappa shape index (κ2) is 10.7. The largest absolute Gasteiger partial charge is 0.489 e. The molecule has 4 rings (SSSR count). The van der Waals surface area contributed by atoms with Crippen LogP contribution in [0, 0.1) is 24.0 Å². The molecule has 0 N–H and O–H groups in total. The number of hydrogen-bond donors (Lipinski definition) is 0. The van der Waals surface area contributed by atoms with Gasteiger partial charge in [0, 0.05) is 21.2 Å². The minimum absolute atomic E-state index is 0.286. The van der Waals surface area contributed by atoms with Crippen molar-refractivity contribution in [3.05, 3.63) is 110 Å². The third-order valence-electron chi connectivity index (χ3n) is 5.22. The van der Waals surface area contributed by atoms with Crippen LogP contribution >= 0.6 is 23.4 Å². The lowest BCUT2D eigenvalue weighted by molar-refractivity contribution is -0.479. The molecule has 1 aromatic heterocycles. The zero-order valence-corrected chi connectivity index (χ0v) is 20.3. The predicted octanol–water partition coefficient (Wildman–Crippen LogP) is 6.23. The highest BCUT2D eigenvalue weighted by molar-refractivity contribution is 7.99. The maximum atomic E-state index is 11.6. The highest BCUT2D eigenvalue weighted by Gasteiger charge is 2.26. The molecule has 0 amide bonds. The fourth-order valence-corrected chi connectivity index (χ4v) is 4.82. The van der Waals surface area contributed by atoms with Crippen LogP contribution in [0.5, 0.6) is 5.75 Å². The number of hydrogen-bond acceptors (Lipinski definition) is 6. The van der Waals surface area contributed by atoms with Crippen LogP contribution in [0.2, 0.25) is 5.02 Å². The Hall–Kier alpha value is -3.36. The van der Waals surface area contributed by atoms with Gasteiger partial charge < -0.3 is 4.74 Å². The first-order chi connectivity index (χ1) is 16.4. The zero-order valence-electron chi connectivity index (χ0n) is 18.7. The van der Waals surface area contributed by atoms with Gasteiger partial charge >= 0.3 is 0 Å². The number of ether oxygens (including phenoxy) is 1. The van der Waals surface area contributed by atoms with E-state index in [0.29, 0.717) is 28.4 Å². The maximum Gasteiger partial charge on any atom is 0.220 e. The van der Waals surface area contributed by atoms with Gasteiger partial charge in [-0.25, -0.2) is 0 Å². The van der Waals surface area contributed by atoms with Crippen molar-refractivity contribution in [2.45, 2.75) is 30.9 Å². The lowest BCUT2D eigenvalue weighted by Crippen LogP contribution is -2.12. The normalized spacial score (nSPS) is 11.9. The lowest BCUT2D eigenvalue weighted by atomic mass is 10.1. The van der Waals surface area contributed by atoms with E-state index in [9.17, 15) is 10.1 Å². The van der Waals surface area contributed by atoms with Crippen molar-refractivity contribution >= 4 is 23.4 Å². The lowest BCUT2D eigenvalue weighted by Gasteiger charge is -2.18. The molecule has 1 atom stereocenters. The molecule has 3 aromatic carbocycles. The molecule has 0 aliphatic heterocycles. The van der Waals surface area contributed by atoms with Crippen molar-refractivity contribution in [3.63, 3.8) is 0 Å². The van der Waals surface area contributed by atoms with Crippen LogP contribution in [-0.2, 0) is 6.61 Å². The molecule has 0 saturated heterocycles. The average molecular weight is 495 g/mol. The summed E-state index contributed by atoms with van der Waals surface area (Å²) in [4.78, 5) is 11.3. The first-order valence-corrected chi connectivity index (χ1v) is 11.9. The molecular formula is C25H23ClN4O3S. The van der Waals surface area contributed by atoms with Gasteiger partial charge in [-0.2, -0.15) is 0 Å². The molecule has 174 valence electrons. The van der Waals surface area contributed by atoms with Gasteiger partial charge in [-0.3, -0.25) is 14.7 Å². The number of nitro groups is 1. The van der Waals surface area contributed by atoms with Crippen LogP contribution in [0.3, 0.4) is 0 Å². The molecule has 0 saturated carbocycles. The van der Waals surface area contributed by atoms with Gasteiger partial charge in [-0.1, -0.05) is 71.4 Å². The monoisotopic (exact) mass is 494 g/mol. The molecular weight excluding hydrogens is 472 g/mol. The average Bonchev–Trinajstić information content (AvgIpc) is 3.18. The van der Waals surface area contributed by atoms with E-state index in [1.807, 2.05) is 79.1 Å². The summed E-state index contributed by atoms with van der Waals surface area (Å²) < 4.78 is 7.99. The maximum absolute atomic E-state index is 11.6. The van der Waals surface area contributed by atoms with Gasteiger partial charge in [0.25, 0.3) is 0 Å². The number of benzene rings is 3. The SMILES string of the molecule is Cc1ccc(-n2c(C)nnc2S[C@@H](C[N+](=O)[O-])c2ccccc2OCc2ccc(Cl)cc2)cc1. The van der Waals surface area contributed by atoms with Crippen molar-refractivity contribution in [1.29, 1.82) is 0 Å². The van der Waals surface area contributed by atoms with Crippen LogP contribution in [0.4, 0.5) is 0 Å². The highest BCUT2D eigenvalue weighted by atomic mass is 35.5. The highest BCUT2D eigenvalue weighted by Crippen LogP contribution is 2.40. The Morgan fingerprint density at radius 1 is 1.03 bits per heavy atom. The Bertz CT molecular complexity index is 1280. The van der Waals surface area contributed by atoms with Gasteiger partial charge in [0.05, 0.1) is 0 Å². The molecule has 0 bridgehead atoms. The van der Waals surface area contributed by atoms with Gasteiger partial charge in [-0.15, -0.1) is 10.2 Å². The molecule has 7 nitrogen and oxygen atoms in total. The van der Waals surface area contributed by atoms with Gasteiger partial charge in [0.1, 0.15) is 23.4 Å². The van der Waals surface area contributed by atoms with Crippen molar-refractivity contribution in [3.8, 4) is 11.4 Å².